The number of benzene rings is 1. The zero-order valence-corrected chi connectivity index (χ0v) is 16.2. The van der Waals surface area contributed by atoms with Crippen LogP contribution >= 0.6 is 11.6 Å². The molecule has 142 valence electrons. The summed E-state index contributed by atoms with van der Waals surface area (Å²) in [4.78, 5) is 37.2. The van der Waals surface area contributed by atoms with Gasteiger partial charge in [-0.15, -0.1) is 0 Å². The Hall–Kier alpha value is -2.54. The molecule has 2 heterocycles. The van der Waals surface area contributed by atoms with Crippen LogP contribution in [0.2, 0.25) is 5.02 Å². The average molecular weight is 391 g/mol. The quantitative estimate of drug-likeness (QED) is 0.790. The van der Waals surface area contributed by atoms with Crippen molar-refractivity contribution in [2.24, 2.45) is 0 Å². The van der Waals surface area contributed by atoms with Gasteiger partial charge in [0.05, 0.1) is 22.5 Å². The van der Waals surface area contributed by atoms with Gasteiger partial charge < -0.3 is 9.80 Å². The SMILES string of the molecule is Cc1nc(C)c(C(=O)N2CCN(C(=O)c3ccc(Cl)cc3F)CC2)c(C)n1. The molecule has 1 fully saturated rings. The third-order valence-corrected chi connectivity index (χ3v) is 4.85. The number of carbonyl (C=O) groups excluding carboxylic acids is 2. The monoisotopic (exact) mass is 390 g/mol. The van der Waals surface area contributed by atoms with Gasteiger partial charge in [-0.05, 0) is 39.0 Å². The van der Waals surface area contributed by atoms with E-state index in [0.717, 1.165) is 6.07 Å². The van der Waals surface area contributed by atoms with E-state index in [1.54, 1.807) is 30.6 Å². The summed E-state index contributed by atoms with van der Waals surface area (Å²) in [5, 5.41) is 0.241. The molecule has 0 spiro atoms. The van der Waals surface area contributed by atoms with Crippen LogP contribution in [0.25, 0.3) is 0 Å². The average Bonchev–Trinajstić information content (AvgIpc) is 2.60. The lowest BCUT2D eigenvalue weighted by Crippen LogP contribution is -2.51. The van der Waals surface area contributed by atoms with Crippen LogP contribution < -0.4 is 0 Å². The third-order valence-electron chi connectivity index (χ3n) is 4.61. The van der Waals surface area contributed by atoms with Gasteiger partial charge in [0.15, 0.2) is 0 Å². The summed E-state index contributed by atoms with van der Waals surface area (Å²) in [7, 11) is 0. The Kier molecular flexibility index (Phi) is 5.41. The van der Waals surface area contributed by atoms with Crippen molar-refractivity contribution < 1.29 is 14.0 Å². The van der Waals surface area contributed by atoms with E-state index in [4.69, 9.17) is 11.6 Å². The maximum atomic E-state index is 14.0. The molecule has 1 saturated heterocycles. The smallest absolute Gasteiger partial charge is 0.257 e. The highest BCUT2D eigenvalue weighted by molar-refractivity contribution is 6.30. The van der Waals surface area contributed by atoms with E-state index in [9.17, 15) is 14.0 Å². The lowest BCUT2D eigenvalue weighted by atomic mass is 10.1. The number of rotatable bonds is 2. The van der Waals surface area contributed by atoms with Gasteiger partial charge >= 0.3 is 0 Å². The highest BCUT2D eigenvalue weighted by Gasteiger charge is 2.28. The van der Waals surface area contributed by atoms with E-state index < -0.39 is 11.7 Å². The molecule has 2 aromatic rings. The normalized spacial score (nSPS) is 14.4. The summed E-state index contributed by atoms with van der Waals surface area (Å²) >= 11 is 5.74. The first-order valence-electron chi connectivity index (χ1n) is 8.63. The fraction of sp³-hybridized carbons (Fsp3) is 0.368. The molecule has 1 aliphatic rings. The minimum absolute atomic E-state index is 0.0159. The van der Waals surface area contributed by atoms with Crippen molar-refractivity contribution in [3.8, 4) is 0 Å². The van der Waals surface area contributed by atoms with E-state index in [1.807, 2.05) is 0 Å². The number of carbonyl (C=O) groups is 2. The van der Waals surface area contributed by atoms with E-state index >= 15 is 0 Å². The van der Waals surface area contributed by atoms with Gasteiger partial charge in [0.2, 0.25) is 0 Å². The summed E-state index contributed by atoms with van der Waals surface area (Å²) in [6, 6.07) is 3.99. The zero-order chi connectivity index (χ0) is 19.7. The second-order valence-corrected chi connectivity index (χ2v) is 6.96. The molecule has 3 rings (SSSR count). The number of nitrogens with zero attached hydrogens (tertiary/aromatic N) is 4. The number of hydrogen-bond donors (Lipinski definition) is 0. The van der Waals surface area contributed by atoms with E-state index in [2.05, 4.69) is 9.97 Å². The molecular formula is C19H20ClFN4O2. The topological polar surface area (TPSA) is 66.4 Å². The predicted octanol–water partition coefficient (Wildman–Crippen LogP) is 2.79. The number of hydrogen-bond acceptors (Lipinski definition) is 4. The Balaban J connectivity index is 1.70. The largest absolute Gasteiger partial charge is 0.335 e. The standard InChI is InChI=1S/C19H20ClFN4O2/c1-11-17(12(2)23-13(3)22-11)19(27)25-8-6-24(7-9-25)18(26)15-5-4-14(20)10-16(15)21/h4-5,10H,6-9H2,1-3H3. The molecule has 1 aromatic heterocycles. The second kappa shape index (κ2) is 7.60. The molecule has 0 bridgehead atoms. The van der Waals surface area contributed by atoms with Crippen molar-refractivity contribution >= 4 is 23.4 Å². The van der Waals surface area contributed by atoms with Crippen molar-refractivity contribution in [3.63, 3.8) is 0 Å². The summed E-state index contributed by atoms with van der Waals surface area (Å²) in [5.74, 6) is -0.562. The molecule has 1 aliphatic heterocycles. The minimum atomic E-state index is -0.644. The van der Waals surface area contributed by atoms with Gasteiger partial charge in [-0.1, -0.05) is 11.6 Å². The Morgan fingerprint density at radius 1 is 0.963 bits per heavy atom. The maximum absolute atomic E-state index is 14.0. The highest BCUT2D eigenvalue weighted by atomic mass is 35.5. The molecule has 6 nitrogen and oxygen atoms in total. The number of aromatic nitrogens is 2. The third kappa shape index (κ3) is 3.93. The van der Waals surface area contributed by atoms with E-state index in [-0.39, 0.29) is 16.5 Å². The van der Waals surface area contributed by atoms with Crippen LogP contribution in [0.1, 0.15) is 37.9 Å². The molecule has 2 amide bonds. The van der Waals surface area contributed by atoms with Gasteiger partial charge in [-0.2, -0.15) is 0 Å². The summed E-state index contributed by atoms with van der Waals surface area (Å²) in [6.45, 7) is 6.76. The van der Waals surface area contributed by atoms with Crippen LogP contribution in [-0.4, -0.2) is 57.8 Å². The summed E-state index contributed by atoms with van der Waals surface area (Å²) < 4.78 is 14.0. The first-order valence-corrected chi connectivity index (χ1v) is 9.01. The molecule has 0 saturated carbocycles. The minimum Gasteiger partial charge on any atom is -0.335 e. The first-order chi connectivity index (χ1) is 12.8. The van der Waals surface area contributed by atoms with Gasteiger partial charge in [0, 0.05) is 31.2 Å². The lowest BCUT2D eigenvalue weighted by molar-refractivity contribution is 0.0531. The van der Waals surface area contributed by atoms with E-state index in [1.165, 1.54) is 12.1 Å². The van der Waals surface area contributed by atoms with Gasteiger partial charge in [-0.3, -0.25) is 9.59 Å². The number of amides is 2. The molecule has 1 aromatic carbocycles. The van der Waals surface area contributed by atoms with Gasteiger partial charge in [0.25, 0.3) is 11.8 Å². The van der Waals surface area contributed by atoms with Crippen molar-refractivity contribution in [2.45, 2.75) is 20.8 Å². The van der Waals surface area contributed by atoms with Crippen LogP contribution in [0, 0.1) is 26.6 Å². The van der Waals surface area contributed by atoms with Crippen molar-refractivity contribution in [1.82, 2.24) is 19.8 Å². The second-order valence-electron chi connectivity index (χ2n) is 6.53. The zero-order valence-electron chi connectivity index (χ0n) is 15.4. The predicted molar refractivity (Wildman–Crippen MR) is 99.5 cm³/mol. The fourth-order valence-corrected chi connectivity index (χ4v) is 3.46. The van der Waals surface area contributed by atoms with Crippen LogP contribution in [0.3, 0.4) is 0 Å². The highest BCUT2D eigenvalue weighted by Crippen LogP contribution is 2.19. The van der Waals surface area contributed by atoms with E-state index in [0.29, 0.717) is 49.0 Å². The van der Waals surface area contributed by atoms with Crippen LogP contribution in [0.4, 0.5) is 4.39 Å². The Bertz CT molecular complexity index is 888. The lowest BCUT2D eigenvalue weighted by Gasteiger charge is -2.35. The van der Waals surface area contributed by atoms with Crippen LogP contribution in [0.5, 0.6) is 0 Å². The molecular weight excluding hydrogens is 371 g/mol. The molecule has 27 heavy (non-hydrogen) atoms. The molecule has 0 N–H and O–H groups in total. The maximum Gasteiger partial charge on any atom is 0.257 e. The number of halogens is 2. The Morgan fingerprint density at radius 3 is 2.00 bits per heavy atom. The molecule has 0 unspecified atom stereocenters. The molecule has 0 atom stereocenters. The summed E-state index contributed by atoms with van der Waals surface area (Å²) in [5.41, 5.74) is 1.78. The molecule has 8 heteroatoms. The first kappa shape index (κ1) is 19.2. The number of piperazine rings is 1. The van der Waals surface area contributed by atoms with Gasteiger partial charge in [0.1, 0.15) is 11.6 Å². The number of aryl methyl sites for hydroxylation is 3. The Morgan fingerprint density at radius 2 is 1.48 bits per heavy atom. The van der Waals surface area contributed by atoms with Crippen LogP contribution in [-0.2, 0) is 0 Å². The fourth-order valence-electron chi connectivity index (χ4n) is 3.30. The van der Waals surface area contributed by atoms with Gasteiger partial charge in [-0.25, -0.2) is 14.4 Å². The summed E-state index contributed by atoms with van der Waals surface area (Å²) in [6.07, 6.45) is 0. The molecule has 0 aliphatic carbocycles. The molecule has 0 radical (unpaired) electrons. The van der Waals surface area contributed by atoms with Crippen molar-refractivity contribution in [1.29, 1.82) is 0 Å². The van der Waals surface area contributed by atoms with Crippen molar-refractivity contribution in [3.05, 3.63) is 57.4 Å². The van der Waals surface area contributed by atoms with Crippen LogP contribution in [0.15, 0.2) is 18.2 Å². The van der Waals surface area contributed by atoms with Crippen molar-refractivity contribution in [2.75, 3.05) is 26.2 Å². The Labute approximate surface area is 162 Å².